The van der Waals surface area contributed by atoms with E-state index in [2.05, 4.69) is 29.5 Å². The fraction of sp³-hybridized carbons (Fsp3) is 0.750. The quantitative estimate of drug-likeness (QED) is 0.742. The van der Waals surface area contributed by atoms with E-state index in [1.165, 1.54) is 0 Å². The zero-order chi connectivity index (χ0) is 17.5. The molecule has 1 unspecified atom stereocenters. The number of nitrogens with zero attached hydrogens (tertiary/aromatic N) is 4. The van der Waals surface area contributed by atoms with Crippen LogP contribution in [0.5, 0.6) is 0 Å². The van der Waals surface area contributed by atoms with Gasteiger partial charge >= 0.3 is 0 Å². The molecule has 3 N–H and O–H groups in total. The smallest absolute Gasteiger partial charge is 0.276 e. The van der Waals surface area contributed by atoms with Crippen LogP contribution >= 0.6 is 0 Å². The summed E-state index contributed by atoms with van der Waals surface area (Å²) in [6, 6.07) is 0. The van der Waals surface area contributed by atoms with Crippen molar-refractivity contribution in [3.05, 3.63) is 11.9 Å². The van der Waals surface area contributed by atoms with E-state index in [-0.39, 0.29) is 17.7 Å². The van der Waals surface area contributed by atoms with Gasteiger partial charge in [-0.3, -0.25) is 14.3 Å². The van der Waals surface area contributed by atoms with E-state index in [4.69, 9.17) is 5.73 Å². The van der Waals surface area contributed by atoms with Crippen molar-refractivity contribution in [2.75, 3.05) is 26.2 Å². The van der Waals surface area contributed by atoms with E-state index in [9.17, 15) is 9.59 Å². The van der Waals surface area contributed by atoms with Crippen LogP contribution < -0.4 is 11.1 Å². The second-order valence-electron chi connectivity index (χ2n) is 6.72. The number of likely N-dealkylation sites (tertiary alicyclic amines) is 1. The topological polar surface area (TPSA) is 106 Å². The largest absolute Gasteiger partial charge is 0.355 e. The Labute approximate surface area is 142 Å². The van der Waals surface area contributed by atoms with Gasteiger partial charge in [0, 0.05) is 32.7 Å². The molecule has 0 radical (unpaired) electrons. The zero-order valence-corrected chi connectivity index (χ0v) is 14.6. The number of aromatic nitrogens is 3. The van der Waals surface area contributed by atoms with Gasteiger partial charge in [-0.1, -0.05) is 19.1 Å². The molecule has 0 bridgehead atoms. The predicted octanol–water partition coefficient (Wildman–Crippen LogP) is 0.251. The highest BCUT2D eigenvalue weighted by Crippen LogP contribution is 2.18. The molecule has 8 heteroatoms. The fourth-order valence-corrected chi connectivity index (χ4v) is 2.77. The Balaban J connectivity index is 1.92. The highest BCUT2D eigenvalue weighted by Gasteiger charge is 2.29. The first-order chi connectivity index (χ1) is 11.5. The fourth-order valence-electron chi connectivity index (χ4n) is 2.77. The van der Waals surface area contributed by atoms with Gasteiger partial charge in [-0.05, 0) is 25.2 Å². The molecule has 1 aliphatic rings. The molecule has 0 aliphatic carbocycles. The second-order valence-corrected chi connectivity index (χ2v) is 6.72. The van der Waals surface area contributed by atoms with Crippen molar-refractivity contribution in [2.45, 2.75) is 39.7 Å². The summed E-state index contributed by atoms with van der Waals surface area (Å²) >= 11 is 0. The third-order valence-electron chi connectivity index (χ3n) is 4.22. The Morgan fingerprint density at radius 1 is 1.46 bits per heavy atom. The summed E-state index contributed by atoms with van der Waals surface area (Å²) in [7, 11) is 0. The van der Waals surface area contributed by atoms with Gasteiger partial charge in [-0.15, -0.1) is 5.10 Å². The van der Waals surface area contributed by atoms with E-state index in [1.807, 2.05) is 0 Å². The number of hydrogen-bond acceptors (Lipinski definition) is 5. The number of nitrogens with two attached hydrogens (primary N) is 1. The predicted molar refractivity (Wildman–Crippen MR) is 90.2 cm³/mol. The number of carbonyl (C=O) groups is 2. The SMILES string of the molecule is CC(C)CCn1cc(C(=O)N2CCCC(C(=O)NCCN)C2)nn1. The minimum atomic E-state index is -0.176. The maximum absolute atomic E-state index is 12.6. The summed E-state index contributed by atoms with van der Waals surface area (Å²) < 4.78 is 1.71. The second kappa shape index (κ2) is 8.77. The van der Waals surface area contributed by atoms with Gasteiger partial charge in [-0.2, -0.15) is 0 Å². The number of amides is 2. The lowest BCUT2D eigenvalue weighted by Gasteiger charge is -2.31. The molecule has 1 aromatic rings. The average molecular weight is 336 g/mol. The molecule has 2 amide bonds. The summed E-state index contributed by atoms with van der Waals surface area (Å²) in [5.74, 6) is 0.217. The molecule has 0 saturated carbocycles. The van der Waals surface area contributed by atoms with Crippen LogP contribution in [0.15, 0.2) is 6.20 Å². The van der Waals surface area contributed by atoms with Gasteiger partial charge < -0.3 is 16.0 Å². The highest BCUT2D eigenvalue weighted by molar-refractivity contribution is 5.92. The van der Waals surface area contributed by atoms with E-state index in [1.54, 1.807) is 15.8 Å². The number of hydrogen-bond donors (Lipinski definition) is 2. The molecule has 1 aliphatic heterocycles. The number of nitrogens with one attached hydrogen (secondary N) is 1. The third-order valence-corrected chi connectivity index (χ3v) is 4.22. The summed E-state index contributed by atoms with van der Waals surface area (Å²) in [5.41, 5.74) is 5.76. The first-order valence-electron chi connectivity index (χ1n) is 8.68. The van der Waals surface area contributed by atoms with Crippen LogP contribution in [-0.2, 0) is 11.3 Å². The zero-order valence-electron chi connectivity index (χ0n) is 14.6. The Kier molecular flexibility index (Phi) is 6.72. The van der Waals surface area contributed by atoms with Crippen molar-refractivity contribution < 1.29 is 9.59 Å². The molecule has 1 saturated heterocycles. The Morgan fingerprint density at radius 3 is 2.96 bits per heavy atom. The van der Waals surface area contributed by atoms with Crippen LogP contribution in [0.2, 0.25) is 0 Å². The van der Waals surface area contributed by atoms with Crippen LogP contribution in [0, 0.1) is 11.8 Å². The van der Waals surface area contributed by atoms with Crippen LogP contribution in [-0.4, -0.2) is 57.9 Å². The minimum Gasteiger partial charge on any atom is -0.355 e. The monoisotopic (exact) mass is 336 g/mol. The first kappa shape index (κ1) is 18.4. The van der Waals surface area contributed by atoms with Crippen LogP contribution in [0.4, 0.5) is 0 Å². The van der Waals surface area contributed by atoms with Crippen LogP contribution in [0.3, 0.4) is 0 Å². The molecule has 8 nitrogen and oxygen atoms in total. The lowest BCUT2D eigenvalue weighted by molar-refractivity contribution is -0.126. The molecule has 1 fully saturated rings. The highest BCUT2D eigenvalue weighted by atomic mass is 16.2. The standard InChI is InChI=1S/C16H28N6O2/c1-12(2)5-9-22-11-14(19-20-22)16(24)21-8-3-4-13(10-21)15(23)18-7-6-17/h11-13H,3-10,17H2,1-2H3,(H,18,23). The Bertz CT molecular complexity index is 557. The minimum absolute atomic E-state index is 0.0291. The van der Waals surface area contributed by atoms with Gasteiger partial charge in [0.1, 0.15) is 0 Å². The molecule has 1 atom stereocenters. The molecule has 0 spiro atoms. The molecule has 24 heavy (non-hydrogen) atoms. The van der Waals surface area contributed by atoms with Crippen molar-refractivity contribution in [1.82, 2.24) is 25.2 Å². The molecule has 2 rings (SSSR count). The molecule has 0 aromatic carbocycles. The van der Waals surface area contributed by atoms with Gasteiger partial charge in [0.15, 0.2) is 5.69 Å². The third kappa shape index (κ3) is 5.02. The molecule has 134 valence electrons. The lowest BCUT2D eigenvalue weighted by atomic mass is 9.97. The molecular weight excluding hydrogens is 308 g/mol. The van der Waals surface area contributed by atoms with Crippen molar-refractivity contribution in [3.63, 3.8) is 0 Å². The number of piperidine rings is 1. The lowest BCUT2D eigenvalue weighted by Crippen LogP contribution is -2.46. The number of carbonyl (C=O) groups excluding carboxylic acids is 2. The van der Waals surface area contributed by atoms with Crippen molar-refractivity contribution in [3.8, 4) is 0 Å². The van der Waals surface area contributed by atoms with Crippen molar-refractivity contribution >= 4 is 11.8 Å². The van der Waals surface area contributed by atoms with Crippen molar-refractivity contribution in [1.29, 1.82) is 0 Å². The number of rotatable bonds is 7. The van der Waals surface area contributed by atoms with Gasteiger partial charge in [0.05, 0.1) is 12.1 Å². The van der Waals surface area contributed by atoms with Gasteiger partial charge in [-0.25, -0.2) is 0 Å². The normalized spacial score (nSPS) is 18.0. The molecule has 2 heterocycles. The summed E-state index contributed by atoms with van der Waals surface area (Å²) in [4.78, 5) is 26.4. The van der Waals surface area contributed by atoms with E-state index in [0.29, 0.717) is 37.8 Å². The maximum atomic E-state index is 12.6. The van der Waals surface area contributed by atoms with E-state index in [0.717, 1.165) is 25.8 Å². The molecule has 1 aromatic heterocycles. The van der Waals surface area contributed by atoms with Gasteiger partial charge in [0.25, 0.3) is 5.91 Å². The first-order valence-corrected chi connectivity index (χ1v) is 8.68. The summed E-state index contributed by atoms with van der Waals surface area (Å²) in [6.45, 7) is 7.00. The van der Waals surface area contributed by atoms with Crippen LogP contribution in [0.25, 0.3) is 0 Å². The Hall–Kier alpha value is -1.96. The van der Waals surface area contributed by atoms with E-state index >= 15 is 0 Å². The Morgan fingerprint density at radius 2 is 2.25 bits per heavy atom. The van der Waals surface area contributed by atoms with Gasteiger partial charge in [0.2, 0.25) is 5.91 Å². The van der Waals surface area contributed by atoms with E-state index < -0.39 is 0 Å². The number of aryl methyl sites for hydroxylation is 1. The summed E-state index contributed by atoms with van der Waals surface area (Å²) in [5, 5.41) is 10.8. The van der Waals surface area contributed by atoms with Crippen molar-refractivity contribution in [2.24, 2.45) is 17.6 Å². The summed E-state index contributed by atoms with van der Waals surface area (Å²) in [6.07, 6.45) is 4.29. The molecular formula is C16H28N6O2. The average Bonchev–Trinajstić information content (AvgIpc) is 3.06. The van der Waals surface area contributed by atoms with Crippen LogP contribution in [0.1, 0.15) is 43.6 Å². The maximum Gasteiger partial charge on any atom is 0.276 e.